The Kier molecular flexibility index (Phi) is 8.15. The molecule has 2 aromatic heterocycles. The summed E-state index contributed by atoms with van der Waals surface area (Å²) in [5.74, 6) is 0.774. The highest BCUT2D eigenvalue weighted by Crippen LogP contribution is 2.28. The van der Waals surface area contributed by atoms with Gasteiger partial charge in [-0.2, -0.15) is 0 Å². The minimum Gasteiger partial charge on any atom is -0.383 e. The molecule has 0 aliphatic carbocycles. The number of ketones is 1. The van der Waals surface area contributed by atoms with Crippen LogP contribution in [0.1, 0.15) is 33.5 Å². The Hall–Kier alpha value is -2.52. The maximum atomic E-state index is 12.8. The lowest BCUT2D eigenvalue weighted by molar-refractivity contribution is -0.130. The number of halogens is 1. The van der Waals surface area contributed by atoms with Gasteiger partial charge in [0.05, 0.1) is 9.90 Å². The van der Waals surface area contributed by atoms with E-state index in [0.29, 0.717) is 35.1 Å². The van der Waals surface area contributed by atoms with Crippen LogP contribution in [0.15, 0.2) is 36.5 Å². The molecule has 1 aliphatic rings. The number of aryl methyl sites for hydroxylation is 1. The molecule has 0 bridgehead atoms. The molecule has 0 spiro atoms. The Morgan fingerprint density at radius 3 is 2.74 bits per heavy atom. The number of carbonyl (C=O) groups excluding carboxylic acids is 2. The topological polar surface area (TPSA) is 91.6 Å². The van der Waals surface area contributed by atoms with E-state index in [9.17, 15) is 9.59 Å². The molecule has 1 aromatic carbocycles. The number of Topliss-reactive ketones (excluding diaryl/α,β-unsaturated/α-hetero) is 1. The number of benzene rings is 1. The third-order valence-corrected chi connectivity index (χ3v) is 7.87. The van der Waals surface area contributed by atoms with Crippen LogP contribution in [0.25, 0.3) is 10.8 Å². The maximum absolute atomic E-state index is 12.8. The SMILES string of the molecule is CC(=O)N1CCN(CCNCc2sc(C(=O)CCc3ccc4c(N)nccc4c3)cc2Cl)CC1. The third kappa shape index (κ3) is 6.13. The van der Waals surface area contributed by atoms with E-state index >= 15 is 0 Å². The maximum Gasteiger partial charge on any atom is 0.219 e. The number of nitrogens with zero attached hydrogens (tertiary/aromatic N) is 3. The van der Waals surface area contributed by atoms with Crippen LogP contribution in [0.2, 0.25) is 5.02 Å². The quantitative estimate of drug-likeness (QED) is 0.345. The molecule has 180 valence electrons. The van der Waals surface area contributed by atoms with Crippen LogP contribution in [0, 0.1) is 0 Å². The van der Waals surface area contributed by atoms with Crippen LogP contribution in [0.3, 0.4) is 0 Å². The number of rotatable bonds is 9. The van der Waals surface area contributed by atoms with Gasteiger partial charge in [0.25, 0.3) is 0 Å². The molecule has 1 amide bonds. The first-order valence-electron chi connectivity index (χ1n) is 11.5. The molecular formula is C25H30ClN5O2S. The number of thiophene rings is 1. The zero-order valence-corrected chi connectivity index (χ0v) is 20.9. The summed E-state index contributed by atoms with van der Waals surface area (Å²) in [5.41, 5.74) is 7.02. The second-order valence-electron chi connectivity index (χ2n) is 8.58. The van der Waals surface area contributed by atoms with Crippen molar-refractivity contribution in [2.45, 2.75) is 26.3 Å². The fourth-order valence-electron chi connectivity index (χ4n) is 4.18. The van der Waals surface area contributed by atoms with Crippen molar-refractivity contribution < 1.29 is 9.59 Å². The molecule has 0 unspecified atom stereocenters. The lowest BCUT2D eigenvalue weighted by Gasteiger charge is -2.34. The molecule has 3 N–H and O–H groups in total. The first kappa shape index (κ1) is 24.6. The minimum atomic E-state index is 0.107. The van der Waals surface area contributed by atoms with Crippen molar-refractivity contribution in [1.29, 1.82) is 0 Å². The second-order valence-corrected chi connectivity index (χ2v) is 10.1. The number of aromatic nitrogens is 1. The van der Waals surface area contributed by atoms with Crippen molar-refractivity contribution >= 4 is 51.2 Å². The first-order valence-corrected chi connectivity index (χ1v) is 12.7. The average Bonchev–Trinajstić information content (AvgIpc) is 3.21. The molecule has 3 aromatic rings. The number of hydrogen-bond donors (Lipinski definition) is 2. The standard InChI is InChI=1S/C25H30ClN5O2S/c1-17(32)31-12-10-30(11-13-31)9-8-28-16-24-21(26)15-23(34-24)22(33)5-3-18-2-4-20-19(14-18)6-7-29-25(20)27/h2,4,6-7,14-15,28H,3,5,8-13,16H2,1H3,(H2,27,29). The predicted molar refractivity (Wildman–Crippen MR) is 139 cm³/mol. The molecule has 0 radical (unpaired) electrons. The average molecular weight is 500 g/mol. The normalized spacial score (nSPS) is 14.6. The van der Waals surface area contributed by atoms with Crippen LogP contribution < -0.4 is 11.1 Å². The summed E-state index contributed by atoms with van der Waals surface area (Å²) >= 11 is 7.88. The zero-order valence-electron chi connectivity index (χ0n) is 19.3. The van der Waals surface area contributed by atoms with Crippen molar-refractivity contribution in [3.05, 3.63) is 56.9 Å². The fraction of sp³-hybridized carbons (Fsp3) is 0.400. The summed E-state index contributed by atoms with van der Waals surface area (Å²) in [6.07, 6.45) is 2.80. The predicted octanol–water partition coefficient (Wildman–Crippen LogP) is 3.60. The summed E-state index contributed by atoms with van der Waals surface area (Å²) in [7, 11) is 0. The Bertz CT molecular complexity index is 1170. The molecule has 9 heteroatoms. The highest BCUT2D eigenvalue weighted by molar-refractivity contribution is 7.14. The lowest BCUT2D eigenvalue weighted by Crippen LogP contribution is -2.49. The third-order valence-electron chi connectivity index (χ3n) is 6.24. The first-order chi connectivity index (χ1) is 16.4. The smallest absolute Gasteiger partial charge is 0.219 e. The number of hydrogen-bond acceptors (Lipinski definition) is 7. The molecule has 1 aliphatic heterocycles. The van der Waals surface area contributed by atoms with E-state index in [-0.39, 0.29) is 11.7 Å². The van der Waals surface area contributed by atoms with Crippen LogP contribution >= 0.6 is 22.9 Å². The Balaban J connectivity index is 1.23. The van der Waals surface area contributed by atoms with Crippen LogP contribution in [0.4, 0.5) is 5.82 Å². The molecule has 0 atom stereocenters. The highest BCUT2D eigenvalue weighted by Gasteiger charge is 2.18. The van der Waals surface area contributed by atoms with Crippen molar-refractivity contribution in [3.63, 3.8) is 0 Å². The number of anilines is 1. The van der Waals surface area contributed by atoms with Crippen LogP contribution in [0.5, 0.6) is 0 Å². The van der Waals surface area contributed by atoms with Gasteiger partial charge in [0.1, 0.15) is 5.82 Å². The van der Waals surface area contributed by atoms with E-state index in [4.69, 9.17) is 17.3 Å². The molecule has 1 saturated heterocycles. The number of nitrogens with one attached hydrogen (secondary N) is 1. The van der Waals surface area contributed by atoms with Gasteiger partial charge in [-0.3, -0.25) is 14.5 Å². The second kappa shape index (κ2) is 11.3. The van der Waals surface area contributed by atoms with Gasteiger partial charge in [0.15, 0.2) is 5.78 Å². The monoisotopic (exact) mass is 499 g/mol. The van der Waals surface area contributed by atoms with Gasteiger partial charge in [-0.1, -0.05) is 29.8 Å². The van der Waals surface area contributed by atoms with Crippen molar-refractivity contribution in [2.75, 3.05) is 45.0 Å². The highest BCUT2D eigenvalue weighted by atomic mass is 35.5. The van der Waals surface area contributed by atoms with Crippen LogP contribution in [-0.4, -0.2) is 65.7 Å². The molecular weight excluding hydrogens is 470 g/mol. The number of pyridine rings is 1. The summed E-state index contributed by atoms with van der Waals surface area (Å²) in [4.78, 5) is 34.3. The summed E-state index contributed by atoms with van der Waals surface area (Å²) < 4.78 is 0. The van der Waals surface area contributed by atoms with Gasteiger partial charge < -0.3 is 16.0 Å². The molecule has 34 heavy (non-hydrogen) atoms. The van der Waals surface area contributed by atoms with Crippen molar-refractivity contribution in [2.24, 2.45) is 0 Å². The van der Waals surface area contributed by atoms with E-state index in [2.05, 4.69) is 21.3 Å². The van der Waals surface area contributed by atoms with Gasteiger partial charge in [-0.15, -0.1) is 11.3 Å². The molecule has 7 nitrogen and oxygen atoms in total. The Morgan fingerprint density at radius 2 is 1.97 bits per heavy atom. The number of amides is 1. The number of nitrogen functional groups attached to an aromatic ring is 1. The Labute approximate surface area is 208 Å². The van der Waals surface area contributed by atoms with Crippen molar-refractivity contribution in [1.82, 2.24) is 20.1 Å². The van der Waals surface area contributed by atoms with E-state index in [0.717, 1.165) is 60.5 Å². The number of carbonyl (C=O) groups is 2. The lowest BCUT2D eigenvalue weighted by atomic mass is 10.0. The van der Waals surface area contributed by atoms with Crippen LogP contribution in [-0.2, 0) is 17.8 Å². The fourth-order valence-corrected chi connectivity index (χ4v) is 5.52. The van der Waals surface area contributed by atoms with Gasteiger partial charge in [-0.05, 0) is 29.5 Å². The van der Waals surface area contributed by atoms with E-state index in [1.807, 2.05) is 23.1 Å². The molecule has 1 fully saturated rings. The Morgan fingerprint density at radius 1 is 1.18 bits per heavy atom. The minimum absolute atomic E-state index is 0.107. The number of nitrogens with two attached hydrogens (primary N) is 1. The number of piperazine rings is 1. The van der Waals surface area contributed by atoms with E-state index < -0.39 is 0 Å². The van der Waals surface area contributed by atoms with Crippen molar-refractivity contribution in [3.8, 4) is 0 Å². The molecule has 0 saturated carbocycles. The van der Waals surface area contributed by atoms with Gasteiger partial charge >= 0.3 is 0 Å². The number of fused-ring (bicyclic) bond motifs is 1. The summed E-state index contributed by atoms with van der Waals surface area (Å²) in [5, 5.41) is 6.04. The summed E-state index contributed by atoms with van der Waals surface area (Å²) in [6, 6.07) is 9.76. The molecule has 4 rings (SSSR count). The van der Waals surface area contributed by atoms with E-state index in [1.165, 1.54) is 11.3 Å². The molecule has 3 heterocycles. The largest absolute Gasteiger partial charge is 0.383 e. The summed E-state index contributed by atoms with van der Waals surface area (Å²) in [6.45, 7) is 7.42. The van der Waals surface area contributed by atoms with Gasteiger partial charge in [0, 0.05) is 75.6 Å². The van der Waals surface area contributed by atoms with E-state index in [1.54, 1.807) is 19.2 Å². The van der Waals surface area contributed by atoms with Gasteiger partial charge in [0.2, 0.25) is 5.91 Å². The van der Waals surface area contributed by atoms with Gasteiger partial charge in [-0.25, -0.2) is 4.98 Å². The zero-order chi connectivity index (χ0) is 24.1.